The molecule has 1 aromatic rings. The minimum Gasteiger partial charge on any atom is -0.323 e. The maximum atomic E-state index is 12.4. The van der Waals surface area contributed by atoms with Crippen molar-refractivity contribution in [2.45, 2.75) is 37.6 Å². The van der Waals surface area contributed by atoms with Crippen molar-refractivity contribution < 1.29 is 4.79 Å². The molecule has 0 unspecified atom stereocenters. The van der Waals surface area contributed by atoms with Gasteiger partial charge >= 0.3 is 0 Å². The van der Waals surface area contributed by atoms with Gasteiger partial charge in [-0.05, 0) is 56.8 Å². The molecular weight excluding hydrogens is 440 g/mol. The van der Waals surface area contributed by atoms with Crippen LogP contribution in [0, 0.1) is 0 Å². The molecule has 1 amide bonds. The lowest BCUT2D eigenvalue weighted by molar-refractivity contribution is -0.122. The van der Waals surface area contributed by atoms with E-state index in [4.69, 9.17) is 5.73 Å². The lowest BCUT2D eigenvalue weighted by Crippen LogP contribution is -2.52. The third kappa shape index (κ3) is 3.60. The number of hydrogen-bond donors (Lipinski definition) is 2. The molecule has 0 spiro atoms. The SMILES string of the molecule is NC1(C(=O)Nc2c(Br)cc(Br)cc2Br)CCCCC1. The van der Waals surface area contributed by atoms with Crippen molar-refractivity contribution in [3.05, 3.63) is 25.6 Å². The third-order valence-corrected chi connectivity index (χ3v) is 5.15. The van der Waals surface area contributed by atoms with Gasteiger partial charge in [0.15, 0.2) is 0 Å². The largest absolute Gasteiger partial charge is 0.323 e. The number of amides is 1. The minimum atomic E-state index is -0.732. The maximum Gasteiger partial charge on any atom is 0.244 e. The Morgan fingerprint density at radius 1 is 1.11 bits per heavy atom. The Bertz CT molecular complexity index is 476. The summed E-state index contributed by atoms with van der Waals surface area (Å²) < 4.78 is 2.58. The van der Waals surface area contributed by atoms with Gasteiger partial charge in [0.05, 0.1) is 11.2 Å². The number of nitrogens with two attached hydrogens (primary N) is 1. The number of anilines is 1. The average Bonchev–Trinajstić information content (AvgIpc) is 2.34. The molecule has 0 heterocycles. The van der Waals surface area contributed by atoms with Gasteiger partial charge < -0.3 is 11.1 Å². The summed E-state index contributed by atoms with van der Waals surface area (Å²) in [6, 6.07) is 3.79. The Balaban J connectivity index is 2.19. The molecule has 0 aliphatic heterocycles. The standard InChI is InChI=1S/C13H15Br3N2O/c14-8-6-9(15)11(10(16)7-8)18-12(19)13(17)4-2-1-3-5-13/h6-7H,1-5,17H2,(H,18,19). The van der Waals surface area contributed by atoms with Gasteiger partial charge in [-0.2, -0.15) is 0 Å². The highest BCUT2D eigenvalue weighted by Gasteiger charge is 2.35. The number of carbonyl (C=O) groups is 1. The quantitative estimate of drug-likeness (QED) is 0.687. The molecule has 1 saturated carbocycles. The molecule has 19 heavy (non-hydrogen) atoms. The fourth-order valence-electron chi connectivity index (χ4n) is 2.31. The van der Waals surface area contributed by atoms with Crippen LogP contribution in [0.2, 0.25) is 0 Å². The van der Waals surface area contributed by atoms with Crippen molar-refractivity contribution in [3.63, 3.8) is 0 Å². The first kappa shape index (κ1) is 15.5. The second-order valence-electron chi connectivity index (χ2n) is 4.92. The van der Waals surface area contributed by atoms with E-state index in [9.17, 15) is 4.79 Å². The molecule has 2 rings (SSSR count). The number of carbonyl (C=O) groups excluding carboxylic acids is 1. The summed E-state index contributed by atoms with van der Waals surface area (Å²) in [6.07, 6.45) is 4.71. The summed E-state index contributed by atoms with van der Waals surface area (Å²) in [5.41, 5.74) is 6.22. The monoisotopic (exact) mass is 452 g/mol. The predicted molar refractivity (Wildman–Crippen MR) is 88.2 cm³/mol. The topological polar surface area (TPSA) is 55.1 Å². The Kier molecular flexibility index (Phi) is 5.09. The highest BCUT2D eigenvalue weighted by Crippen LogP contribution is 2.35. The van der Waals surface area contributed by atoms with E-state index in [0.29, 0.717) is 0 Å². The Morgan fingerprint density at radius 3 is 2.16 bits per heavy atom. The highest BCUT2D eigenvalue weighted by molar-refractivity contribution is 9.11. The van der Waals surface area contributed by atoms with Gasteiger partial charge in [0, 0.05) is 13.4 Å². The van der Waals surface area contributed by atoms with Gasteiger partial charge in [-0.25, -0.2) is 0 Å². The van der Waals surface area contributed by atoms with Gasteiger partial charge in [0.2, 0.25) is 5.91 Å². The van der Waals surface area contributed by atoms with E-state index < -0.39 is 5.54 Å². The zero-order valence-corrected chi connectivity index (χ0v) is 15.1. The molecule has 0 saturated heterocycles. The first-order valence-corrected chi connectivity index (χ1v) is 8.55. The van der Waals surface area contributed by atoms with Crippen LogP contribution in [0.1, 0.15) is 32.1 Å². The number of hydrogen-bond acceptors (Lipinski definition) is 2. The number of nitrogens with one attached hydrogen (secondary N) is 1. The first-order chi connectivity index (χ1) is 8.92. The van der Waals surface area contributed by atoms with Crippen molar-refractivity contribution in [1.82, 2.24) is 0 Å². The van der Waals surface area contributed by atoms with E-state index in [1.54, 1.807) is 0 Å². The Labute approximate surface area is 138 Å². The molecule has 0 aromatic heterocycles. The normalized spacial score (nSPS) is 18.1. The van der Waals surface area contributed by atoms with Crippen LogP contribution in [0.4, 0.5) is 5.69 Å². The van der Waals surface area contributed by atoms with Crippen molar-refractivity contribution in [2.24, 2.45) is 5.73 Å². The first-order valence-electron chi connectivity index (χ1n) is 6.17. The fraction of sp³-hybridized carbons (Fsp3) is 0.462. The summed E-state index contributed by atoms with van der Waals surface area (Å²) in [5.74, 6) is -0.101. The van der Waals surface area contributed by atoms with Gasteiger partial charge in [0.1, 0.15) is 0 Å². The summed E-state index contributed by atoms with van der Waals surface area (Å²) in [7, 11) is 0. The fourth-order valence-corrected chi connectivity index (χ4v) is 4.77. The molecule has 1 aromatic carbocycles. The van der Waals surface area contributed by atoms with E-state index in [1.165, 1.54) is 0 Å². The molecular formula is C13H15Br3N2O. The molecule has 3 N–H and O–H groups in total. The molecule has 1 aliphatic rings. The molecule has 104 valence electrons. The zero-order valence-electron chi connectivity index (χ0n) is 10.3. The minimum absolute atomic E-state index is 0.101. The smallest absolute Gasteiger partial charge is 0.244 e. The lowest BCUT2D eigenvalue weighted by atomic mass is 9.82. The van der Waals surface area contributed by atoms with Crippen LogP contribution < -0.4 is 11.1 Å². The number of halogens is 3. The van der Waals surface area contributed by atoms with Gasteiger partial charge in [-0.15, -0.1) is 0 Å². The molecule has 0 atom stereocenters. The summed E-state index contributed by atoms with van der Waals surface area (Å²) in [6.45, 7) is 0. The Morgan fingerprint density at radius 2 is 1.63 bits per heavy atom. The third-order valence-electron chi connectivity index (χ3n) is 3.44. The van der Waals surface area contributed by atoms with E-state index in [2.05, 4.69) is 53.1 Å². The number of rotatable bonds is 2. The predicted octanol–water partition coefficient (Wildman–Crippen LogP) is 4.57. The number of benzene rings is 1. The molecule has 0 radical (unpaired) electrons. The summed E-state index contributed by atoms with van der Waals surface area (Å²) >= 11 is 10.3. The lowest BCUT2D eigenvalue weighted by Gasteiger charge is -2.32. The maximum absolute atomic E-state index is 12.4. The van der Waals surface area contributed by atoms with Crippen LogP contribution in [0.5, 0.6) is 0 Å². The van der Waals surface area contributed by atoms with Crippen LogP contribution in [0.3, 0.4) is 0 Å². The van der Waals surface area contributed by atoms with Gasteiger partial charge in [-0.3, -0.25) is 4.79 Å². The van der Waals surface area contributed by atoms with Crippen LogP contribution in [-0.4, -0.2) is 11.4 Å². The Hall–Kier alpha value is 0.0900. The van der Waals surface area contributed by atoms with Gasteiger partial charge in [-0.1, -0.05) is 35.2 Å². The second kappa shape index (κ2) is 6.24. The molecule has 0 bridgehead atoms. The van der Waals surface area contributed by atoms with Crippen LogP contribution in [0.25, 0.3) is 0 Å². The van der Waals surface area contributed by atoms with Crippen LogP contribution in [-0.2, 0) is 4.79 Å². The van der Waals surface area contributed by atoms with Crippen molar-refractivity contribution >= 4 is 59.4 Å². The molecule has 1 fully saturated rings. The summed E-state index contributed by atoms with van der Waals surface area (Å²) in [4.78, 5) is 12.4. The summed E-state index contributed by atoms with van der Waals surface area (Å²) in [5, 5.41) is 2.94. The highest BCUT2D eigenvalue weighted by atomic mass is 79.9. The molecule has 3 nitrogen and oxygen atoms in total. The molecule has 1 aliphatic carbocycles. The van der Waals surface area contributed by atoms with E-state index in [1.807, 2.05) is 12.1 Å². The zero-order chi connectivity index (χ0) is 14.0. The second-order valence-corrected chi connectivity index (χ2v) is 7.54. The molecule has 6 heteroatoms. The van der Waals surface area contributed by atoms with E-state index in [0.717, 1.165) is 51.2 Å². The van der Waals surface area contributed by atoms with Crippen molar-refractivity contribution in [1.29, 1.82) is 0 Å². The van der Waals surface area contributed by atoms with Crippen LogP contribution in [0.15, 0.2) is 25.6 Å². The van der Waals surface area contributed by atoms with Crippen molar-refractivity contribution in [2.75, 3.05) is 5.32 Å². The van der Waals surface area contributed by atoms with Crippen LogP contribution >= 0.6 is 47.8 Å². The average molecular weight is 455 g/mol. The van der Waals surface area contributed by atoms with E-state index >= 15 is 0 Å². The van der Waals surface area contributed by atoms with Gasteiger partial charge in [0.25, 0.3) is 0 Å². The van der Waals surface area contributed by atoms with Crippen molar-refractivity contribution in [3.8, 4) is 0 Å². The van der Waals surface area contributed by atoms with E-state index in [-0.39, 0.29) is 5.91 Å².